The molecule has 7 heterocycles. The molecule has 0 aliphatic carbocycles. The van der Waals surface area contributed by atoms with Crippen molar-refractivity contribution in [2.75, 3.05) is 13.2 Å². The largest absolute Gasteiger partial charge is 0.494 e. The Hall–Kier alpha value is -8.36. The first kappa shape index (κ1) is 40.4. The lowest BCUT2D eigenvalue weighted by molar-refractivity contribution is 0.302. The molecule has 0 atom stereocenters. The molecule has 8 nitrogen and oxygen atoms in total. The predicted molar refractivity (Wildman–Crippen MR) is 270 cm³/mol. The minimum atomic E-state index is 0.631. The van der Waals surface area contributed by atoms with Crippen LogP contribution in [0.15, 0.2) is 183 Å². The minimum Gasteiger partial charge on any atom is -0.494 e. The first-order valence-electron chi connectivity index (χ1n) is 22.7. The van der Waals surface area contributed by atoms with Crippen molar-refractivity contribution in [3.63, 3.8) is 0 Å². The molecule has 2 N–H and O–H groups in total. The number of nitrogens with one attached hydrogen (secondary N) is 2. The van der Waals surface area contributed by atoms with Gasteiger partial charge in [0.05, 0.1) is 36.0 Å². The smallest absolute Gasteiger partial charge is 0.119 e. The molecule has 322 valence electrons. The van der Waals surface area contributed by atoms with Gasteiger partial charge in [0.1, 0.15) is 11.5 Å². The fourth-order valence-corrected chi connectivity index (χ4v) is 8.98. The highest BCUT2D eigenvalue weighted by atomic mass is 16.5. The fourth-order valence-electron chi connectivity index (χ4n) is 8.98. The molecule has 11 rings (SSSR count). The van der Waals surface area contributed by atoms with Gasteiger partial charge < -0.3 is 28.6 Å². The molecular weight excluding hydrogens is 813 g/mol. The van der Waals surface area contributed by atoms with E-state index in [4.69, 9.17) is 19.4 Å². The van der Waals surface area contributed by atoms with Gasteiger partial charge in [0.2, 0.25) is 0 Å². The Morgan fingerprint density at radius 3 is 1.00 bits per heavy atom. The zero-order valence-electron chi connectivity index (χ0n) is 36.5. The third-order valence-corrected chi connectivity index (χ3v) is 12.2. The van der Waals surface area contributed by atoms with Crippen LogP contribution in [0.5, 0.6) is 11.5 Å². The van der Waals surface area contributed by atoms with Crippen molar-refractivity contribution in [3.05, 3.63) is 205 Å². The van der Waals surface area contributed by atoms with E-state index in [0.717, 1.165) is 127 Å². The van der Waals surface area contributed by atoms with E-state index < -0.39 is 0 Å². The van der Waals surface area contributed by atoms with E-state index in [1.807, 2.05) is 0 Å². The topological polar surface area (TPSA) is 85.7 Å². The summed E-state index contributed by atoms with van der Waals surface area (Å²) < 4.78 is 16.8. The number of rotatable bonds is 14. The van der Waals surface area contributed by atoms with Gasteiger partial charge in [-0.15, -0.1) is 0 Å². The molecule has 2 aliphatic rings. The Kier molecular flexibility index (Phi) is 11.3. The van der Waals surface area contributed by atoms with Crippen LogP contribution in [0.25, 0.3) is 90.9 Å². The molecule has 0 spiro atoms. The van der Waals surface area contributed by atoms with Crippen LogP contribution in [-0.4, -0.2) is 42.3 Å². The number of aromatic nitrogens is 6. The highest BCUT2D eigenvalue weighted by Crippen LogP contribution is 2.39. The van der Waals surface area contributed by atoms with E-state index in [1.165, 1.54) is 0 Å². The van der Waals surface area contributed by atoms with E-state index in [-0.39, 0.29) is 0 Å². The summed E-state index contributed by atoms with van der Waals surface area (Å²) in [6.07, 6.45) is 18.7. The summed E-state index contributed by atoms with van der Waals surface area (Å²) in [6, 6.07) is 54.6. The second-order valence-corrected chi connectivity index (χ2v) is 16.5. The quantitative estimate of drug-likeness (QED) is 0.107. The van der Waals surface area contributed by atoms with Gasteiger partial charge in [-0.1, -0.05) is 84.9 Å². The van der Waals surface area contributed by atoms with Gasteiger partial charge in [-0.05, 0) is 132 Å². The monoisotopic (exact) mass is 860 g/mol. The van der Waals surface area contributed by atoms with Gasteiger partial charge >= 0.3 is 0 Å². The molecule has 66 heavy (non-hydrogen) atoms. The maximum absolute atomic E-state index is 6.21. The van der Waals surface area contributed by atoms with Crippen molar-refractivity contribution in [2.45, 2.75) is 25.9 Å². The maximum atomic E-state index is 6.21. The molecule has 0 saturated carbocycles. The summed E-state index contributed by atoms with van der Waals surface area (Å²) in [5.41, 5.74) is 15.5. The normalized spacial score (nSPS) is 11.9. The summed E-state index contributed by atoms with van der Waals surface area (Å²) in [4.78, 5) is 18.6. The number of H-pyrrole nitrogens is 2. The van der Waals surface area contributed by atoms with Gasteiger partial charge in [-0.3, -0.25) is 0 Å². The molecule has 5 aromatic heterocycles. The first-order valence-corrected chi connectivity index (χ1v) is 22.7. The third kappa shape index (κ3) is 8.52. The molecule has 0 amide bonds. The average Bonchev–Trinajstić information content (AvgIpc) is 4.23. The summed E-state index contributed by atoms with van der Waals surface area (Å²) in [5, 5.41) is 0. The fraction of sp³-hybridized carbons (Fsp3) is 0.103. The standard InChI is InChI=1S/C58H48N6O2/c1-3-13-41(14-4-1)55-47-25-29-51(59-47)57(43-17-21-45(22-18-43)65-39-11-37-63-33-7-8-34-63)53-31-27-49(61-53)56(42-15-5-2-6-16-42)50-28-32-54(62-50)58(52-30-26-48(55)60-52)44-19-23-46(24-20-44)66-40-12-38-64-35-9-10-36-64/h1-10,13-36,59,62H,11-12,37-40H2. The number of ether oxygens (including phenoxy) is 2. The van der Waals surface area contributed by atoms with Gasteiger partial charge in [-0.2, -0.15) is 0 Å². The van der Waals surface area contributed by atoms with Gasteiger partial charge in [-0.25, -0.2) is 9.97 Å². The number of nitrogens with zero attached hydrogens (tertiary/aromatic N) is 4. The second kappa shape index (κ2) is 18.4. The second-order valence-electron chi connectivity index (χ2n) is 16.5. The summed E-state index contributed by atoms with van der Waals surface area (Å²) in [5.74, 6) is 1.67. The highest BCUT2D eigenvalue weighted by Gasteiger charge is 2.19. The lowest BCUT2D eigenvalue weighted by Gasteiger charge is -2.09. The van der Waals surface area contributed by atoms with E-state index in [0.29, 0.717) is 13.2 Å². The Balaban J connectivity index is 1.07. The van der Waals surface area contributed by atoms with Crippen LogP contribution in [0.3, 0.4) is 0 Å². The van der Waals surface area contributed by atoms with Crippen molar-refractivity contribution in [3.8, 4) is 56.0 Å². The molecule has 4 aromatic carbocycles. The van der Waals surface area contributed by atoms with Crippen LogP contribution >= 0.6 is 0 Å². The molecule has 0 fully saturated rings. The zero-order chi connectivity index (χ0) is 44.1. The van der Waals surface area contributed by atoms with E-state index >= 15 is 0 Å². The molecular formula is C58H48N6O2. The maximum Gasteiger partial charge on any atom is 0.119 e. The van der Waals surface area contributed by atoms with E-state index in [9.17, 15) is 0 Å². The van der Waals surface area contributed by atoms with Crippen molar-refractivity contribution in [1.29, 1.82) is 0 Å². The van der Waals surface area contributed by atoms with Crippen LogP contribution in [-0.2, 0) is 13.1 Å². The molecule has 0 unspecified atom stereocenters. The van der Waals surface area contributed by atoms with Gasteiger partial charge in [0, 0.05) is 82.2 Å². The Bertz CT molecular complexity index is 3100. The average molecular weight is 861 g/mol. The van der Waals surface area contributed by atoms with Crippen LogP contribution < -0.4 is 9.47 Å². The Labute approximate surface area is 383 Å². The van der Waals surface area contributed by atoms with Crippen molar-refractivity contribution in [2.24, 2.45) is 0 Å². The summed E-state index contributed by atoms with van der Waals surface area (Å²) in [6.45, 7) is 3.09. The number of aryl methyl sites for hydroxylation is 2. The minimum absolute atomic E-state index is 0.631. The Morgan fingerprint density at radius 2 is 0.667 bits per heavy atom. The number of benzene rings is 4. The first-order chi connectivity index (χ1) is 32.7. The molecule has 8 heteroatoms. The zero-order valence-corrected chi connectivity index (χ0v) is 36.5. The molecule has 0 radical (unpaired) electrons. The van der Waals surface area contributed by atoms with Crippen LogP contribution in [0.1, 0.15) is 35.6 Å². The summed E-state index contributed by atoms with van der Waals surface area (Å²) >= 11 is 0. The number of aromatic amines is 2. The number of hydrogen-bond acceptors (Lipinski definition) is 4. The number of hydrogen-bond donors (Lipinski definition) is 2. The molecule has 0 saturated heterocycles. The van der Waals surface area contributed by atoms with Gasteiger partial charge in [0.15, 0.2) is 0 Å². The third-order valence-electron chi connectivity index (χ3n) is 12.2. The summed E-state index contributed by atoms with van der Waals surface area (Å²) in [7, 11) is 0. The lowest BCUT2D eigenvalue weighted by Crippen LogP contribution is -2.02. The van der Waals surface area contributed by atoms with Crippen molar-refractivity contribution < 1.29 is 9.47 Å². The molecule has 9 aromatic rings. The van der Waals surface area contributed by atoms with Crippen LogP contribution in [0.4, 0.5) is 0 Å². The van der Waals surface area contributed by atoms with Crippen molar-refractivity contribution >= 4 is 46.4 Å². The molecule has 8 bridgehead atoms. The highest BCUT2D eigenvalue weighted by molar-refractivity contribution is 5.99. The lowest BCUT2D eigenvalue weighted by atomic mass is 10.0. The number of fused-ring (bicyclic) bond motifs is 8. The van der Waals surface area contributed by atoms with Gasteiger partial charge in [0.25, 0.3) is 0 Å². The van der Waals surface area contributed by atoms with Crippen LogP contribution in [0.2, 0.25) is 0 Å². The Morgan fingerprint density at radius 1 is 0.348 bits per heavy atom. The van der Waals surface area contributed by atoms with E-state index in [2.05, 4.69) is 226 Å². The molecule has 2 aliphatic heterocycles. The SMILES string of the molecule is C1=Cc2nc1c(-c1ccccc1)c1ccc([nH]1)c(-c1ccc(OCCCn3cccc3)cc1)c1nc(c(-c3ccccc3)c3ccc([nH]3)c2-c2ccc(OCCCn3cccc3)cc2)C=C1. The predicted octanol–water partition coefficient (Wildman–Crippen LogP) is 13.9. The van der Waals surface area contributed by atoms with E-state index in [1.54, 1.807) is 0 Å². The van der Waals surface area contributed by atoms with Crippen molar-refractivity contribution in [1.82, 2.24) is 29.1 Å². The van der Waals surface area contributed by atoms with Crippen LogP contribution in [0, 0.1) is 0 Å².